The first-order chi connectivity index (χ1) is 9.45. The van der Waals surface area contributed by atoms with Gasteiger partial charge in [-0.05, 0) is 18.6 Å². The second-order valence-corrected chi connectivity index (χ2v) is 4.48. The van der Waals surface area contributed by atoms with Crippen molar-refractivity contribution in [2.75, 3.05) is 20.3 Å². The smallest absolute Gasteiger partial charge is 0.288 e. The Balaban J connectivity index is 2.60. The quantitative estimate of drug-likeness (QED) is 0.585. The molecule has 0 spiro atoms. The molecule has 0 aliphatic carbocycles. The molecule has 1 aromatic carbocycles. The van der Waals surface area contributed by atoms with Crippen LogP contribution in [0.2, 0.25) is 5.02 Å². The second-order valence-electron chi connectivity index (χ2n) is 4.08. The molecule has 1 rings (SSSR count). The fourth-order valence-corrected chi connectivity index (χ4v) is 1.71. The number of nitro benzene ring substituents is 1. The Kier molecular flexibility index (Phi) is 6.37. The Bertz CT molecular complexity index is 495. The minimum absolute atomic E-state index is 0.0259. The summed E-state index contributed by atoms with van der Waals surface area (Å²) in [6.07, 6.45) is -0.338. The first-order valence-electron chi connectivity index (χ1n) is 5.85. The van der Waals surface area contributed by atoms with E-state index in [1.807, 2.05) is 0 Å². The normalized spacial score (nSPS) is 11.9. The summed E-state index contributed by atoms with van der Waals surface area (Å²) in [4.78, 5) is 21.8. The van der Waals surface area contributed by atoms with Crippen molar-refractivity contribution in [2.45, 2.75) is 12.5 Å². The number of hydrogen-bond acceptors (Lipinski definition) is 5. The maximum absolute atomic E-state index is 11.8. The maximum atomic E-state index is 11.8. The van der Waals surface area contributed by atoms with Crippen LogP contribution in [0.1, 0.15) is 16.8 Å². The van der Waals surface area contributed by atoms with Gasteiger partial charge in [-0.15, -0.1) is 0 Å². The van der Waals surface area contributed by atoms with Crippen LogP contribution in [0, 0.1) is 10.1 Å². The molecule has 0 aliphatic rings. The molecule has 2 N–H and O–H groups in total. The zero-order valence-corrected chi connectivity index (χ0v) is 11.6. The summed E-state index contributed by atoms with van der Waals surface area (Å²) in [5.41, 5.74) is -0.180. The highest BCUT2D eigenvalue weighted by atomic mass is 35.5. The highest BCUT2D eigenvalue weighted by Crippen LogP contribution is 2.24. The van der Waals surface area contributed by atoms with Crippen LogP contribution in [-0.2, 0) is 4.74 Å². The molecule has 1 aromatic rings. The number of ether oxygens (including phenoxy) is 1. The van der Waals surface area contributed by atoms with Gasteiger partial charge in [0.05, 0.1) is 17.6 Å². The first-order valence-corrected chi connectivity index (χ1v) is 6.22. The second kappa shape index (κ2) is 7.78. The third-order valence-corrected chi connectivity index (χ3v) is 2.85. The van der Waals surface area contributed by atoms with E-state index < -0.39 is 16.9 Å². The molecular weight excluding hydrogens is 288 g/mol. The van der Waals surface area contributed by atoms with E-state index in [1.165, 1.54) is 19.2 Å². The molecule has 0 radical (unpaired) electrons. The summed E-state index contributed by atoms with van der Waals surface area (Å²) < 4.78 is 4.75. The van der Waals surface area contributed by atoms with Crippen LogP contribution in [0.3, 0.4) is 0 Å². The van der Waals surface area contributed by atoms with Crippen LogP contribution in [0.4, 0.5) is 5.69 Å². The average molecular weight is 303 g/mol. The lowest BCUT2D eigenvalue weighted by molar-refractivity contribution is -0.384. The van der Waals surface area contributed by atoms with Crippen molar-refractivity contribution < 1.29 is 19.6 Å². The Morgan fingerprint density at radius 2 is 2.30 bits per heavy atom. The highest BCUT2D eigenvalue weighted by Gasteiger charge is 2.16. The number of nitrogens with one attached hydrogen (secondary N) is 1. The molecule has 0 bridgehead atoms. The van der Waals surface area contributed by atoms with E-state index in [0.29, 0.717) is 6.42 Å². The molecule has 0 aromatic heterocycles. The first kappa shape index (κ1) is 16.4. The van der Waals surface area contributed by atoms with Crippen LogP contribution in [-0.4, -0.2) is 42.3 Å². The number of rotatable bonds is 7. The molecule has 1 atom stereocenters. The number of hydrogen-bond donors (Lipinski definition) is 2. The van der Waals surface area contributed by atoms with Crippen LogP contribution in [0.15, 0.2) is 18.2 Å². The molecule has 20 heavy (non-hydrogen) atoms. The third kappa shape index (κ3) is 4.76. The molecule has 7 nitrogen and oxygen atoms in total. The zero-order valence-electron chi connectivity index (χ0n) is 10.8. The van der Waals surface area contributed by atoms with Crippen molar-refractivity contribution in [3.63, 3.8) is 0 Å². The summed E-state index contributed by atoms with van der Waals surface area (Å²) >= 11 is 5.66. The summed E-state index contributed by atoms with van der Waals surface area (Å²) in [5.74, 6) is -0.464. The minimum Gasteiger partial charge on any atom is -0.391 e. The summed E-state index contributed by atoms with van der Waals surface area (Å²) in [6, 6.07) is 3.81. The number of nitrogens with zero attached hydrogens (tertiary/aromatic N) is 1. The summed E-state index contributed by atoms with van der Waals surface area (Å²) in [6.45, 7) is 0.419. The number of carbonyl (C=O) groups is 1. The van der Waals surface area contributed by atoms with Crippen molar-refractivity contribution in [2.24, 2.45) is 0 Å². The monoisotopic (exact) mass is 302 g/mol. The molecule has 110 valence electrons. The van der Waals surface area contributed by atoms with Crippen molar-refractivity contribution >= 4 is 23.2 Å². The van der Waals surface area contributed by atoms with Gasteiger partial charge < -0.3 is 15.2 Å². The zero-order chi connectivity index (χ0) is 15.1. The van der Waals surface area contributed by atoms with Crippen molar-refractivity contribution in [1.29, 1.82) is 0 Å². The van der Waals surface area contributed by atoms with E-state index in [-0.39, 0.29) is 29.4 Å². The molecule has 0 saturated heterocycles. The molecule has 0 fully saturated rings. The van der Waals surface area contributed by atoms with E-state index in [0.717, 1.165) is 6.07 Å². The molecule has 0 aliphatic heterocycles. The van der Waals surface area contributed by atoms with Gasteiger partial charge in [-0.3, -0.25) is 14.9 Å². The van der Waals surface area contributed by atoms with Gasteiger partial charge >= 0.3 is 0 Å². The number of benzene rings is 1. The van der Waals surface area contributed by atoms with Crippen LogP contribution in [0.25, 0.3) is 0 Å². The topological polar surface area (TPSA) is 102 Å². The molecule has 1 amide bonds. The van der Waals surface area contributed by atoms with Gasteiger partial charge in [0.2, 0.25) is 0 Å². The van der Waals surface area contributed by atoms with Crippen LogP contribution < -0.4 is 5.32 Å². The number of aliphatic hydroxyl groups is 1. The summed E-state index contributed by atoms with van der Waals surface area (Å²) in [5, 5.41) is 22.6. The lowest BCUT2D eigenvalue weighted by atomic mass is 10.2. The fraction of sp³-hybridized carbons (Fsp3) is 0.417. The predicted molar refractivity (Wildman–Crippen MR) is 72.9 cm³/mol. The largest absolute Gasteiger partial charge is 0.391 e. The van der Waals surface area contributed by atoms with E-state index in [1.54, 1.807) is 0 Å². The van der Waals surface area contributed by atoms with E-state index in [9.17, 15) is 20.0 Å². The van der Waals surface area contributed by atoms with Crippen LogP contribution in [0.5, 0.6) is 0 Å². The molecule has 0 saturated carbocycles. The van der Waals surface area contributed by atoms with E-state index in [2.05, 4.69) is 5.32 Å². The van der Waals surface area contributed by atoms with Crippen molar-refractivity contribution in [3.8, 4) is 0 Å². The van der Waals surface area contributed by atoms with Crippen molar-refractivity contribution in [1.82, 2.24) is 5.32 Å². The number of halogens is 1. The standard InChI is InChI=1S/C12H15ClN2O5/c1-20-7-9(16)4-5-14-12(17)8-2-3-10(13)11(6-8)15(18)19/h2-3,6,9,16H,4-5,7H2,1H3,(H,14,17). The Morgan fingerprint density at radius 3 is 2.90 bits per heavy atom. The Morgan fingerprint density at radius 1 is 1.60 bits per heavy atom. The summed E-state index contributed by atoms with van der Waals surface area (Å²) in [7, 11) is 1.47. The SMILES string of the molecule is COCC(O)CCNC(=O)c1ccc(Cl)c([N+](=O)[O-])c1. The maximum Gasteiger partial charge on any atom is 0.288 e. The number of carbonyl (C=O) groups excluding carboxylic acids is 1. The molecule has 1 unspecified atom stereocenters. The van der Waals surface area contributed by atoms with E-state index >= 15 is 0 Å². The number of aliphatic hydroxyl groups excluding tert-OH is 1. The minimum atomic E-state index is -0.667. The number of amides is 1. The Labute approximate surface area is 120 Å². The lowest BCUT2D eigenvalue weighted by Gasteiger charge is -2.10. The van der Waals surface area contributed by atoms with Gasteiger partial charge in [-0.2, -0.15) is 0 Å². The number of nitro groups is 1. The average Bonchev–Trinajstić information content (AvgIpc) is 2.39. The van der Waals surface area contributed by atoms with Gasteiger partial charge in [0.1, 0.15) is 5.02 Å². The Hall–Kier alpha value is -1.70. The van der Waals surface area contributed by atoms with Crippen LogP contribution >= 0.6 is 11.6 Å². The van der Waals surface area contributed by atoms with Gasteiger partial charge in [-0.25, -0.2) is 0 Å². The molecule has 8 heteroatoms. The predicted octanol–water partition coefficient (Wildman–Crippen LogP) is 1.38. The lowest BCUT2D eigenvalue weighted by Crippen LogP contribution is -2.28. The van der Waals surface area contributed by atoms with Crippen molar-refractivity contribution in [3.05, 3.63) is 38.9 Å². The van der Waals surface area contributed by atoms with Gasteiger partial charge in [0, 0.05) is 25.3 Å². The van der Waals surface area contributed by atoms with Gasteiger partial charge in [0.25, 0.3) is 11.6 Å². The number of methoxy groups -OCH3 is 1. The highest BCUT2D eigenvalue weighted by molar-refractivity contribution is 6.32. The van der Waals surface area contributed by atoms with Gasteiger partial charge in [-0.1, -0.05) is 11.6 Å². The van der Waals surface area contributed by atoms with Gasteiger partial charge in [0.15, 0.2) is 0 Å². The molecular formula is C12H15ClN2O5. The third-order valence-electron chi connectivity index (χ3n) is 2.53. The van der Waals surface area contributed by atoms with E-state index in [4.69, 9.17) is 16.3 Å². The fourth-order valence-electron chi connectivity index (χ4n) is 1.52. The molecule has 0 heterocycles.